The molecule has 1 amide bonds. The van der Waals surface area contributed by atoms with Gasteiger partial charge in [0.15, 0.2) is 11.5 Å². The smallest absolute Gasteiger partial charge is 0.221 e. The minimum Gasteiger partial charge on any atom is -0.502 e. The van der Waals surface area contributed by atoms with Crippen LogP contribution in [-0.2, 0) is 11.2 Å². The molecule has 1 rings (SSSR count). The predicted octanol–water partition coefficient (Wildman–Crippen LogP) is 0.437. The summed E-state index contributed by atoms with van der Waals surface area (Å²) in [6, 6.07) is 3.18. The van der Waals surface area contributed by atoms with Gasteiger partial charge in [0, 0.05) is 5.56 Å². The summed E-state index contributed by atoms with van der Waals surface area (Å²) in [4.78, 5) is 10.8. The zero-order valence-corrected chi connectivity index (χ0v) is 8.61. The summed E-state index contributed by atoms with van der Waals surface area (Å²) in [5, 5.41) is 9.68. The number of primary amides is 1. The fourth-order valence-electron chi connectivity index (χ4n) is 1.31. The molecular formula is C10H13NO4. The van der Waals surface area contributed by atoms with E-state index in [-0.39, 0.29) is 17.9 Å². The molecule has 82 valence electrons. The molecule has 5 nitrogen and oxygen atoms in total. The number of ether oxygens (including phenoxy) is 2. The second kappa shape index (κ2) is 4.54. The highest BCUT2D eigenvalue weighted by Crippen LogP contribution is 2.38. The first-order valence-corrected chi connectivity index (χ1v) is 4.31. The van der Waals surface area contributed by atoms with Gasteiger partial charge in [-0.2, -0.15) is 0 Å². The molecule has 0 fully saturated rings. The van der Waals surface area contributed by atoms with Gasteiger partial charge in [-0.15, -0.1) is 0 Å². The Morgan fingerprint density at radius 1 is 1.40 bits per heavy atom. The van der Waals surface area contributed by atoms with Crippen molar-refractivity contribution in [2.24, 2.45) is 5.73 Å². The first-order valence-electron chi connectivity index (χ1n) is 4.31. The third kappa shape index (κ3) is 2.31. The van der Waals surface area contributed by atoms with Crippen molar-refractivity contribution in [1.82, 2.24) is 0 Å². The SMILES string of the molecule is COc1ccc(CC(N)=O)c(OC)c1O. The molecule has 0 bridgehead atoms. The van der Waals surface area contributed by atoms with E-state index in [0.717, 1.165) is 0 Å². The molecule has 0 atom stereocenters. The van der Waals surface area contributed by atoms with Crippen molar-refractivity contribution in [3.05, 3.63) is 17.7 Å². The third-order valence-electron chi connectivity index (χ3n) is 1.96. The van der Waals surface area contributed by atoms with Crippen LogP contribution in [0.1, 0.15) is 5.56 Å². The third-order valence-corrected chi connectivity index (χ3v) is 1.96. The summed E-state index contributed by atoms with van der Waals surface area (Å²) < 4.78 is 9.88. The van der Waals surface area contributed by atoms with Crippen LogP contribution in [0.15, 0.2) is 12.1 Å². The van der Waals surface area contributed by atoms with Gasteiger partial charge in [0.2, 0.25) is 11.7 Å². The Morgan fingerprint density at radius 3 is 2.53 bits per heavy atom. The van der Waals surface area contributed by atoms with Gasteiger partial charge in [0.1, 0.15) is 0 Å². The first-order chi connectivity index (χ1) is 7.10. The fourth-order valence-corrected chi connectivity index (χ4v) is 1.31. The van der Waals surface area contributed by atoms with Gasteiger partial charge < -0.3 is 20.3 Å². The van der Waals surface area contributed by atoms with Gasteiger partial charge >= 0.3 is 0 Å². The topological polar surface area (TPSA) is 81.8 Å². The number of hydrogen-bond acceptors (Lipinski definition) is 4. The Balaban J connectivity index is 3.18. The fraction of sp³-hybridized carbons (Fsp3) is 0.300. The molecule has 0 aromatic heterocycles. The Bertz CT molecular complexity index is 376. The number of nitrogens with two attached hydrogens (primary N) is 1. The first kappa shape index (κ1) is 11.2. The molecule has 0 unspecified atom stereocenters. The number of rotatable bonds is 4. The number of phenols is 1. The van der Waals surface area contributed by atoms with Crippen LogP contribution in [0, 0.1) is 0 Å². The van der Waals surface area contributed by atoms with E-state index < -0.39 is 5.91 Å². The highest BCUT2D eigenvalue weighted by Gasteiger charge is 2.14. The summed E-state index contributed by atoms with van der Waals surface area (Å²) in [5.74, 6) is -0.107. The van der Waals surface area contributed by atoms with Crippen LogP contribution in [0.25, 0.3) is 0 Å². The van der Waals surface area contributed by atoms with E-state index >= 15 is 0 Å². The van der Waals surface area contributed by atoms with Crippen molar-refractivity contribution in [3.63, 3.8) is 0 Å². The number of hydrogen-bond donors (Lipinski definition) is 2. The van der Waals surface area contributed by atoms with Gasteiger partial charge in [-0.1, -0.05) is 6.07 Å². The van der Waals surface area contributed by atoms with E-state index in [9.17, 15) is 9.90 Å². The van der Waals surface area contributed by atoms with Crippen molar-refractivity contribution < 1.29 is 19.4 Å². The van der Waals surface area contributed by atoms with Crippen LogP contribution in [0.4, 0.5) is 0 Å². The van der Waals surface area contributed by atoms with Crippen molar-refractivity contribution in [2.75, 3.05) is 14.2 Å². The van der Waals surface area contributed by atoms with Crippen LogP contribution in [0.3, 0.4) is 0 Å². The summed E-state index contributed by atoms with van der Waals surface area (Å²) in [7, 11) is 2.83. The second-order valence-electron chi connectivity index (χ2n) is 2.95. The normalized spacial score (nSPS) is 9.73. The quantitative estimate of drug-likeness (QED) is 0.757. The number of aromatic hydroxyl groups is 1. The van der Waals surface area contributed by atoms with Crippen LogP contribution in [0.5, 0.6) is 17.2 Å². The minimum absolute atomic E-state index is 0.0146. The summed E-state index contributed by atoms with van der Waals surface area (Å²) >= 11 is 0. The van der Waals surface area contributed by atoms with Gasteiger partial charge in [0.05, 0.1) is 20.6 Å². The Labute approximate surface area is 87.4 Å². The van der Waals surface area contributed by atoms with Crippen LogP contribution in [0.2, 0.25) is 0 Å². The number of benzene rings is 1. The van der Waals surface area contributed by atoms with E-state index in [1.807, 2.05) is 0 Å². The average molecular weight is 211 g/mol. The Morgan fingerprint density at radius 2 is 2.07 bits per heavy atom. The molecular weight excluding hydrogens is 198 g/mol. The minimum atomic E-state index is -0.488. The maximum Gasteiger partial charge on any atom is 0.221 e. The van der Waals surface area contributed by atoms with E-state index in [2.05, 4.69) is 0 Å². The van der Waals surface area contributed by atoms with Crippen molar-refractivity contribution in [3.8, 4) is 17.2 Å². The number of carbonyl (C=O) groups is 1. The average Bonchev–Trinajstić information content (AvgIpc) is 2.18. The lowest BCUT2D eigenvalue weighted by molar-refractivity contribution is -0.117. The molecule has 0 aliphatic rings. The number of phenolic OH excluding ortho intramolecular Hbond substituents is 1. The van der Waals surface area contributed by atoms with Gasteiger partial charge in [-0.25, -0.2) is 0 Å². The lowest BCUT2D eigenvalue weighted by atomic mass is 10.1. The standard InChI is InChI=1S/C10H13NO4/c1-14-7-4-3-6(5-8(11)12)10(15-2)9(7)13/h3-4,13H,5H2,1-2H3,(H2,11,12). The van der Waals surface area contributed by atoms with Crippen molar-refractivity contribution in [1.29, 1.82) is 0 Å². The number of amides is 1. The summed E-state index contributed by atoms with van der Waals surface area (Å²) in [5.41, 5.74) is 5.59. The van der Waals surface area contributed by atoms with E-state index in [1.54, 1.807) is 12.1 Å². The largest absolute Gasteiger partial charge is 0.502 e. The monoisotopic (exact) mass is 211 g/mol. The van der Waals surface area contributed by atoms with Crippen LogP contribution >= 0.6 is 0 Å². The molecule has 5 heteroatoms. The van der Waals surface area contributed by atoms with Crippen molar-refractivity contribution in [2.45, 2.75) is 6.42 Å². The molecule has 0 aliphatic heterocycles. The number of carbonyl (C=O) groups excluding carboxylic acids is 1. The predicted molar refractivity (Wildman–Crippen MR) is 54.1 cm³/mol. The lowest BCUT2D eigenvalue weighted by Gasteiger charge is -2.11. The van der Waals surface area contributed by atoms with Crippen LogP contribution in [-0.4, -0.2) is 25.2 Å². The van der Waals surface area contributed by atoms with E-state index in [4.69, 9.17) is 15.2 Å². The van der Waals surface area contributed by atoms with E-state index in [0.29, 0.717) is 11.3 Å². The zero-order chi connectivity index (χ0) is 11.4. The van der Waals surface area contributed by atoms with E-state index in [1.165, 1.54) is 14.2 Å². The maximum atomic E-state index is 10.8. The zero-order valence-electron chi connectivity index (χ0n) is 8.61. The molecule has 0 saturated carbocycles. The molecule has 15 heavy (non-hydrogen) atoms. The molecule has 3 N–H and O–H groups in total. The Hall–Kier alpha value is -1.91. The molecule has 0 radical (unpaired) electrons. The Kier molecular flexibility index (Phi) is 3.38. The highest BCUT2D eigenvalue weighted by molar-refractivity contribution is 5.78. The van der Waals surface area contributed by atoms with Crippen LogP contribution < -0.4 is 15.2 Å². The van der Waals surface area contributed by atoms with Gasteiger partial charge in [-0.3, -0.25) is 4.79 Å². The number of methoxy groups -OCH3 is 2. The molecule has 0 saturated heterocycles. The molecule has 0 heterocycles. The second-order valence-corrected chi connectivity index (χ2v) is 2.95. The molecule has 0 spiro atoms. The van der Waals surface area contributed by atoms with Gasteiger partial charge in [-0.05, 0) is 6.07 Å². The molecule has 1 aromatic carbocycles. The molecule has 1 aromatic rings. The lowest BCUT2D eigenvalue weighted by Crippen LogP contribution is -2.14. The van der Waals surface area contributed by atoms with Gasteiger partial charge in [0.25, 0.3) is 0 Å². The molecule has 0 aliphatic carbocycles. The van der Waals surface area contributed by atoms with Crippen molar-refractivity contribution >= 4 is 5.91 Å². The highest BCUT2D eigenvalue weighted by atomic mass is 16.5. The maximum absolute atomic E-state index is 10.8. The summed E-state index contributed by atoms with van der Waals surface area (Å²) in [6.45, 7) is 0. The summed E-state index contributed by atoms with van der Waals surface area (Å²) in [6.07, 6.45) is 0.0146.